The van der Waals surface area contributed by atoms with Crippen molar-refractivity contribution >= 4 is 5.91 Å². The van der Waals surface area contributed by atoms with E-state index in [0.717, 1.165) is 13.0 Å². The van der Waals surface area contributed by atoms with Gasteiger partial charge in [-0.3, -0.25) is 4.79 Å². The van der Waals surface area contributed by atoms with Gasteiger partial charge in [-0.1, -0.05) is 64.7 Å². The topological polar surface area (TPSA) is 29.5 Å². The lowest BCUT2D eigenvalue weighted by atomic mass is 10.1. The zero-order chi connectivity index (χ0) is 14.3. The molecule has 1 amide bonds. The van der Waals surface area contributed by atoms with E-state index in [9.17, 15) is 4.79 Å². The quantitative estimate of drug-likeness (QED) is 0.368. The Bertz CT molecular complexity index is 207. The van der Waals surface area contributed by atoms with Gasteiger partial charge < -0.3 is 9.64 Å². The van der Waals surface area contributed by atoms with Crippen LogP contribution in [0.25, 0.3) is 0 Å². The minimum atomic E-state index is 0.109. The van der Waals surface area contributed by atoms with Crippen LogP contribution in [0.3, 0.4) is 0 Å². The number of methoxy groups -OCH3 is 1. The molecule has 0 radical (unpaired) electrons. The normalized spacial score (nSPS) is 10.7. The summed E-state index contributed by atoms with van der Waals surface area (Å²) in [7, 11) is 1.63. The largest absolute Gasteiger partial charge is 0.364 e. The van der Waals surface area contributed by atoms with E-state index in [2.05, 4.69) is 6.92 Å². The number of ether oxygens (including phenoxy) is 1. The number of rotatable bonds is 13. The maximum atomic E-state index is 11.3. The summed E-state index contributed by atoms with van der Waals surface area (Å²) in [5, 5.41) is 0. The number of carbonyl (C=O) groups is 1. The highest BCUT2D eigenvalue weighted by Crippen LogP contribution is 2.10. The Morgan fingerprint density at radius 3 is 1.79 bits per heavy atom. The maximum Gasteiger partial charge on any atom is 0.221 e. The van der Waals surface area contributed by atoms with Crippen LogP contribution in [0, 0.1) is 0 Å². The van der Waals surface area contributed by atoms with Gasteiger partial charge in [-0.25, -0.2) is 0 Å². The van der Waals surface area contributed by atoms with Gasteiger partial charge in [-0.15, -0.1) is 0 Å². The van der Waals surface area contributed by atoms with E-state index < -0.39 is 0 Å². The molecule has 0 saturated carbocycles. The first-order valence-corrected chi connectivity index (χ1v) is 7.96. The number of unbranched alkanes of at least 4 members (excludes halogenated alkanes) is 9. The van der Waals surface area contributed by atoms with Crippen LogP contribution in [0.15, 0.2) is 0 Å². The van der Waals surface area contributed by atoms with E-state index in [1.54, 1.807) is 18.9 Å². The molecule has 3 nitrogen and oxygen atoms in total. The van der Waals surface area contributed by atoms with Crippen LogP contribution in [0.4, 0.5) is 0 Å². The van der Waals surface area contributed by atoms with E-state index >= 15 is 0 Å². The van der Waals surface area contributed by atoms with Gasteiger partial charge in [0.25, 0.3) is 0 Å². The number of nitrogens with zero attached hydrogens (tertiary/aromatic N) is 1. The highest BCUT2D eigenvalue weighted by Gasteiger charge is 2.06. The summed E-state index contributed by atoms with van der Waals surface area (Å²) in [4.78, 5) is 13.0. The van der Waals surface area contributed by atoms with Crippen LogP contribution in [0.5, 0.6) is 0 Å². The van der Waals surface area contributed by atoms with Crippen molar-refractivity contribution in [1.29, 1.82) is 0 Å². The zero-order valence-electron chi connectivity index (χ0n) is 13.2. The van der Waals surface area contributed by atoms with Gasteiger partial charge >= 0.3 is 0 Å². The van der Waals surface area contributed by atoms with Crippen molar-refractivity contribution < 1.29 is 9.53 Å². The first-order valence-electron chi connectivity index (χ1n) is 7.96. The molecule has 0 rings (SSSR count). The van der Waals surface area contributed by atoms with Crippen molar-refractivity contribution in [3.63, 3.8) is 0 Å². The molecule has 0 aliphatic heterocycles. The van der Waals surface area contributed by atoms with Gasteiger partial charge in [-0.2, -0.15) is 0 Å². The van der Waals surface area contributed by atoms with Crippen LogP contribution in [0.1, 0.15) is 78.1 Å². The lowest BCUT2D eigenvalue weighted by molar-refractivity contribution is -0.133. The van der Waals surface area contributed by atoms with Gasteiger partial charge in [0.05, 0.1) is 0 Å². The van der Waals surface area contributed by atoms with E-state index in [-0.39, 0.29) is 5.91 Å². The molecule has 0 aromatic carbocycles. The van der Waals surface area contributed by atoms with Crippen molar-refractivity contribution in [2.45, 2.75) is 78.1 Å². The fourth-order valence-corrected chi connectivity index (χ4v) is 2.26. The van der Waals surface area contributed by atoms with Crippen LogP contribution >= 0.6 is 0 Å². The first kappa shape index (κ1) is 18.4. The highest BCUT2D eigenvalue weighted by atomic mass is 16.5. The predicted octanol–water partition coefficient (Wildman–Crippen LogP) is 4.36. The second kappa shape index (κ2) is 13.9. The minimum absolute atomic E-state index is 0.109. The summed E-state index contributed by atoms with van der Waals surface area (Å²) >= 11 is 0. The summed E-state index contributed by atoms with van der Waals surface area (Å²) < 4.78 is 5.01. The predicted molar refractivity (Wildman–Crippen MR) is 81.1 cm³/mol. The second-order valence-corrected chi connectivity index (χ2v) is 5.38. The standard InChI is InChI=1S/C16H33NO2/c1-4-5-6-7-8-9-10-11-12-13-14-17(15-19-3)16(2)18/h4-15H2,1-3H3. The first-order chi connectivity index (χ1) is 9.22. The summed E-state index contributed by atoms with van der Waals surface area (Å²) in [5.41, 5.74) is 0. The molecule has 0 fully saturated rings. The van der Waals surface area contributed by atoms with Gasteiger partial charge in [0.1, 0.15) is 6.73 Å². The Kier molecular flexibility index (Phi) is 13.4. The molecule has 0 spiro atoms. The Morgan fingerprint density at radius 2 is 1.37 bits per heavy atom. The SMILES string of the molecule is CCCCCCCCCCCCN(COC)C(C)=O. The number of amides is 1. The molecule has 0 heterocycles. The molecule has 0 N–H and O–H groups in total. The Hall–Kier alpha value is -0.570. The van der Waals surface area contributed by atoms with Crippen molar-refractivity contribution in [2.24, 2.45) is 0 Å². The molecule has 0 aromatic rings. The van der Waals surface area contributed by atoms with Gasteiger partial charge in [0.15, 0.2) is 0 Å². The van der Waals surface area contributed by atoms with E-state index in [1.165, 1.54) is 57.8 Å². The number of hydrogen-bond donors (Lipinski definition) is 0. The molecule has 0 unspecified atom stereocenters. The van der Waals surface area contributed by atoms with Crippen LogP contribution in [0.2, 0.25) is 0 Å². The average Bonchev–Trinajstić information content (AvgIpc) is 2.39. The van der Waals surface area contributed by atoms with E-state index in [4.69, 9.17) is 4.74 Å². The van der Waals surface area contributed by atoms with Crippen molar-refractivity contribution in [2.75, 3.05) is 20.4 Å². The van der Waals surface area contributed by atoms with Gasteiger partial charge in [0.2, 0.25) is 5.91 Å². The summed E-state index contributed by atoms with van der Waals surface area (Å²) in [6.07, 6.45) is 13.3. The molecule has 114 valence electrons. The lowest BCUT2D eigenvalue weighted by Gasteiger charge is -2.19. The van der Waals surface area contributed by atoms with Crippen LogP contribution in [-0.2, 0) is 9.53 Å². The zero-order valence-corrected chi connectivity index (χ0v) is 13.2. The highest BCUT2D eigenvalue weighted by molar-refractivity contribution is 5.72. The molecule has 0 aliphatic rings. The monoisotopic (exact) mass is 271 g/mol. The Labute approximate surface area is 119 Å². The van der Waals surface area contributed by atoms with Crippen molar-refractivity contribution in [3.8, 4) is 0 Å². The number of hydrogen-bond acceptors (Lipinski definition) is 2. The Morgan fingerprint density at radius 1 is 0.895 bits per heavy atom. The third kappa shape index (κ3) is 12.2. The molecule has 0 bridgehead atoms. The summed E-state index contributed by atoms with van der Waals surface area (Å²) in [6.45, 7) is 5.12. The van der Waals surface area contributed by atoms with Crippen LogP contribution in [-0.4, -0.2) is 31.2 Å². The van der Waals surface area contributed by atoms with Gasteiger partial charge in [0, 0.05) is 20.6 Å². The van der Waals surface area contributed by atoms with Crippen LogP contribution < -0.4 is 0 Å². The third-order valence-electron chi connectivity index (χ3n) is 3.51. The molecule has 0 aliphatic carbocycles. The minimum Gasteiger partial charge on any atom is -0.364 e. The molecule has 0 atom stereocenters. The van der Waals surface area contributed by atoms with E-state index in [1.807, 2.05) is 0 Å². The molecule has 0 saturated heterocycles. The second-order valence-electron chi connectivity index (χ2n) is 5.38. The molecular weight excluding hydrogens is 238 g/mol. The van der Waals surface area contributed by atoms with E-state index in [0.29, 0.717) is 6.73 Å². The van der Waals surface area contributed by atoms with Crippen molar-refractivity contribution in [1.82, 2.24) is 4.90 Å². The summed E-state index contributed by atoms with van der Waals surface area (Å²) in [6, 6.07) is 0. The number of carbonyl (C=O) groups excluding carboxylic acids is 1. The third-order valence-corrected chi connectivity index (χ3v) is 3.51. The van der Waals surface area contributed by atoms with Crippen molar-refractivity contribution in [3.05, 3.63) is 0 Å². The molecule has 0 aromatic heterocycles. The summed E-state index contributed by atoms with van der Waals surface area (Å²) in [5.74, 6) is 0.109. The lowest BCUT2D eigenvalue weighted by Crippen LogP contribution is -2.31. The fraction of sp³-hybridized carbons (Fsp3) is 0.938. The molecular formula is C16H33NO2. The molecule has 3 heteroatoms. The fourth-order valence-electron chi connectivity index (χ4n) is 2.26. The molecule has 19 heavy (non-hydrogen) atoms. The smallest absolute Gasteiger partial charge is 0.221 e. The van der Waals surface area contributed by atoms with Gasteiger partial charge in [-0.05, 0) is 6.42 Å². The average molecular weight is 271 g/mol. The Balaban J connectivity index is 3.27. The maximum absolute atomic E-state index is 11.3.